The van der Waals surface area contributed by atoms with Gasteiger partial charge in [0.2, 0.25) is 0 Å². The Balaban J connectivity index is 2.19. The summed E-state index contributed by atoms with van der Waals surface area (Å²) in [5.74, 6) is -0.106. The van der Waals surface area contributed by atoms with Crippen molar-refractivity contribution in [2.45, 2.75) is 52.1 Å². The molecule has 1 saturated carbocycles. The second kappa shape index (κ2) is 6.13. The fraction of sp³-hybridized carbons (Fsp3) is 0.647. The SMILES string of the molecule is CNCc1cccc(F)c1N(C)C1CCC(C)(C)CC1. The highest BCUT2D eigenvalue weighted by Gasteiger charge is 2.30. The van der Waals surface area contributed by atoms with E-state index < -0.39 is 0 Å². The van der Waals surface area contributed by atoms with Crippen LogP contribution in [0.1, 0.15) is 45.1 Å². The molecule has 0 amide bonds. The predicted octanol–water partition coefficient (Wildman–Crippen LogP) is 3.95. The van der Waals surface area contributed by atoms with E-state index in [0.29, 0.717) is 18.0 Å². The Morgan fingerprint density at radius 3 is 2.55 bits per heavy atom. The molecule has 20 heavy (non-hydrogen) atoms. The average Bonchev–Trinajstić information content (AvgIpc) is 2.38. The third-order valence-electron chi connectivity index (χ3n) is 4.65. The van der Waals surface area contributed by atoms with Gasteiger partial charge in [-0.3, -0.25) is 0 Å². The van der Waals surface area contributed by atoms with Crippen LogP contribution in [0.3, 0.4) is 0 Å². The molecule has 2 rings (SSSR count). The van der Waals surface area contributed by atoms with Crippen LogP contribution in [-0.4, -0.2) is 20.1 Å². The lowest BCUT2D eigenvalue weighted by Gasteiger charge is -2.40. The largest absolute Gasteiger partial charge is 0.369 e. The van der Waals surface area contributed by atoms with E-state index in [4.69, 9.17) is 0 Å². The van der Waals surface area contributed by atoms with Gasteiger partial charge >= 0.3 is 0 Å². The first-order valence-corrected chi connectivity index (χ1v) is 7.59. The van der Waals surface area contributed by atoms with Gasteiger partial charge in [0.15, 0.2) is 0 Å². The number of hydrogen-bond donors (Lipinski definition) is 1. The van der Waals surface area contributed by atoms with Gasteiger partial charge in [-0.15, -0.1) is 0 Å². The standard InChI is InChI=1S/C17H27FN2/c1-17(2)10-8-14(9-11-17)20(4)16-13(12-19-3)6-5-7-15(16)18/h5-7,14,19H,8-12H2,1-4H3. The molecule has 0 heterocycles. The van der Waals surface area contributed by atoms with Gasteiger partial charge < -0.3 is 10.2 Å². The fourth-order valence-electron chi connectivity index (χ4n) is 3.24. The zero-order valence-corrected chi connectivity index (χ0v) is 13.2. The van der Waals surface area contributed by atoms with E-state index in [0.717, 1.165) is 24.1 Å². The maximum absolute atomic E-state index is 14.3. The monoisotopic (exact) mass is 278 g/mol. The molecule has 3 heteroatoms. The zero-order valence-electron chi connectivity index (χ0n) is 13.2. The summed E-state index contributed by atoms with van der Waals surface area (Å²) in [6, 6.07) is 5.83. The summed E-state index contributed by atoms with van der Waals surface area (Å²) < 4.78 is 14.3. The van der Waals surface area contributed by atoms with E-state index in [1.54, 1.807) is 12.1 Å². The Labute approximate surface area is 122 Å². The minimum Gasteiger partial charge on any atom is -0.369 e. The normalized spacial score (nSPS) is 19.1. The van der Waals surface area contributed by atoms with E-state index in [2.05, 4.69) is 24.1 Å². The lowest BCUT2D eigenvalue weighted by atomic mass is 9.75. The third-order valence-corrected chi connectivity index (χ3v) is 4.65. The van der Waals surface area contributed by atoms with Crippen LogP contribution in [-0.2, 0) is 6.54 Å². The van der Waals surface area contributed by atoms with Gasteiger partial charge in [-0.2, -0.15) is 0 Å². The molecule has 0 aromatic heterocycles. The highest BCUT2D eigenvalue weighted by molar-refractivity contribution is 5.55. The quantitative estimate of drug-likeness (QED) is 0.897. The van der Waals surface area contributed by atoms with Crippen LogP contribution in [0.4, 0.5) is 10.1 Å². The zero-order chi connectivity index (χ0) is 14.8. The molecule has 112 valence electrons. The van der Waals surface area contributed by atoms with Crippen LogP contribution < -0.4 is 10.2 Å². The maximum atomic E-state index is 14.3. The van der Waals surface area contributed by atoms with Gasteiger partial charge in [0.25, 0.3) is 0 Å². The Hall–Kier alpha value is -1.09. The fourth-order valence-corrected chi connectivity index (χ4v) is 3.24. The number of benzene rings is 1. The van der Waals surface area contributed by atoms with Gasteiger partial charge in [-0.1, -0.05) is 26.0 Å². The summed E-state index contributed by atoms with van der Waals surface area (Å²) >= 11 is 0. The van der Waals surface area contributed by atoms with E-state index in [1.165, 1.54) is 12.8 Å². The summed E-state index contributed by atoms with van der Waals surface area (Å²) in [5.41, 5.74) is 2.26. The smallest absolute Gasteiger partial charge is 0.146 e. The van der Waals surface area contributed by atoms with Crippen LogP contribution in [0.2, 0.25) is 0 Å². The summed E-state index contributed by atoms with van der Waals surface area (Å²) in [4.78, 5) is 2.16. The molecule has 1 aliphatic carbocycles. The molecule has 0 unspecified atom stereocenters. The van der Waals surface area contributed by atoms with Gasteiger partial charge in [0, 0.05) is 19.6 Å². The van der Waals surface area contributed by atoms with Crippen molar-refractivity contribution in [2.75, 3.05) is 19.0 Å². The highest BCUT2D eigenvalue weighted by atomic mass is 19.1. The lowest BCUT2D eigenvalue weighted by molar-refractivity contribution is 0.222. The van der Waals surface area contributed by atoms with Crippen LogP contribution in [0, 0.1) is 11.2 Å². The molecule has 0 bridgehead atoms. The van der Waals surface area contributed by atoms with Gasteiger partial charge in [0.1, 0.15) is 5.82 Å². The number of rotatable bonds is 4. The van der Waals surface area contributed by atoms with Crippen LogP contribution in [0.25, 0.3) is 0 Å². The molecular formula is C17H27FN2. The van der Waals surface area contributed by atoms with Crippen molar-refractivity contribution in [1.29, 1.82) is 0 Å². The van der Waals surface area contributed by atoms with E-state index in [1.807, 2.05) is 20.2 Å². The summed E-state index contributed by atoms with van der Waals surface area (Å²) in [6.45, 7) is 5.37. The minimum absolute atomic E-state index is 0.106. The summed E-state index contributed by atoms with van der Waals surface area (Å²) in [7, 11) is 3.94. The van der Waals surface area contributed by atoms with E-state index >= 15 is 0 Å². The molecule has 1 aromatic rings. The van der Waals surface area contributed by atoms with Crippen molar-refractivity contribution in [3.63, 3.8) is 0 Å². The third kappa shape index (κ3) is 3.32. The Kier molecular flexibility index (Phi) is 4.69. The minimum atomic E-state index is -0.106. The van der Waals surface area contributed by atoms with Gasteiger partial charge in [-0.25, -0.2) is 4.39 Å². The number of anilines is 1. The lowest BCUT2D eigenvalue weighted by Crippen LogP contribution is -2.38. The molecule has 0 radical (unpaired) electrons. The first-order valence-electron chi connectivity index (χ1n) is 7.59. The number of nitrogens with one attached hydrogen (secondary N) is 1. The van der Waals surface area contributed by atoms with Crippen LogP contribution >= 0.6 is 0 Å². The first kappa shape index (κ1) is 15.3. The summed E-state index contributed by atoms with van der Waals surface area (Å²) in [5, 5.41) is 3.13. The maximum Gasteiger partial charge on any atom is 0.146 e. The number of nitrogens with zero attached hydrogens (tertiary/aromatic N) is 1. The second-order valence-electron chi connectivity index (χ2n) is 6.78. The predicted molar refractivity (Wildman–Crippen MR) is 83.6 cm³/mol. The van der Waals surface area contributed by atoms with E-state index in [9.17, 15) is 4.39 Å². The number of para-hydroxylation sites is 1. The van der Waals surface area contributed by atoms with Crippen molar-refractivity contribution in [1.82, 2.24) is 5.32 Å². The van der Waals surface area contributed by atoms with Gasteiger partial charge in [0.05, 0.1) is 5.69 Å². The molecular weight excluding hydrogens is 251 g/mol. The topological polar surface area (TPSA) is 15.3 Å². The van der Waals surface area contributed by atoms with E-state index in [-0.39, 0.29) is 5.82 Å². The Morgan fingerprint density at radius 2 is 1.95 bits per heavy atom. The molecule has 0 saturated heterocycles. The molecule has 0 aliphatic heterocycles. The molecule has 1 aromatic carbocycles. The van der Waals surface area contributed by atoms with Crippen molar-refractivity contribution in [3.8, 4) is 0 Å². The second-order valence-corrected chi connectivity index (χ2v) is 6.78. The highest BCUT2D eigenvalue weighted by Crippen LogP contribution is 2.38. The first-order chi connectivity index (χ1) is 9.44. The Bertz CT molecular complexity index is 446. The number of hydrogen-bond acceptors (Lipinski definition) is 2. The molecule has 0 atom stereocenters. The molecule has 1 aliphatic rings. The Morgan fingerprint density at radius 1 is 1.30 bits per heavy atom. The van der Waals surface area contributed by atoms with Crippen molar-refractivity contribution < 1.29 is 4.39 Å². The number of halogens is 1. The van der Waals surface area contributed by atoms with Crippen LogP contribution in [0.15, 0.2) is 18.2 Å². The molecule has 1 fully saturated rings. The summed E-state index contributed by atoms with van der Waals surface area (Å²) in [6.07, 6.45) is 4.74. The van der Waals surface area contributed by atoms with Crippen molar-refractivity contribution >= 4 is 5.69 Å². The van der Waals surface area contributed by atoms with Crippen molar-refractivity contribution in [2.24, 2.45) is 5.41 Å². The van der Waals surface area contributed by atoms with Gasteiger partial charge in [-0.05, 0) is 49.8 Å². The average molecular weight is 278 g/mol. The molecule has 1 N–H and O–H groups in total. The van der Waals surface area contributed by atoms with Crippen LogP contribution in [0.5, 0.6) is 0 Å². The molecule has 0 spiro atoms. The molecule has 2 nitrogen and oxygen atoms in total. The van der Waals surface area contributed by atoms with Crippen molar-refractivity contribution in [3.05, 3.63) is 29.6 Å².